The number of ether oxygens (including phenoxy) is 2. The Morgan fingerprint density at radius 1 is 1.03 bits per heavy atom. The summed E-state index contributed by atoms with van der Waals surface area (Å²) in [5, 5.41) is 0. The zero-order valence-electron chi connectivity index (χ0n) is 17.3. The van der Waals surface area contributed by atoms with E-state index in [-0.39, 0.29) is 30.5 Å². The van der Waals surface area contributed by atoms with Crippen LogP contribution in [0.2, 0.25) is 0 Å². The van der Waals surface area contributed by atoms with Gasteiger partial charge < -0.3 is 19.3 Å². The Morgan fingerprint density at radius 3 is 2.62 bits per heavy atom. The van der Waals surface area contributed by atoms with Crippen LogP contribution in [0.5, 0.6) is 5.75 Å². The van der Waals surface area contributed by atoms with E-state index in [4.69, 9.17) is 9.47 Å². The molecule has 1 fully saturated rings. The minimum atomic E-state index is -0.821. The lowest BCUT2D eigenvalue weighted by Crippen LogP contribution is -2.54. The van der Waals surface area contributed by atoms with Gasteiger partial charge in [0.25, 0.3) is 11.5 Å². The van der Waals surface area contributed by atoms with Crippen LogP contribution < -0.4 is 15.2 Å². The van der Waals surface area contributed by atoms with E-state index in [1.807, 2.05) is 6.07 Å². The molecule has 2 aromatic carbocycles. The summed E-state index contributed by atoms with van der Waals surface area (Å²) < 4.78 is 12.7. The SMILES string of the molecule is O=C([C@H]1CN(C(=O)Cn2c(=O)cnc3ccccc32)c2ccccc2O1)N1CCOCC1. The Balaban J connectivity index is 1.45. The van der Waals surface area contributed by atoms with Crippen molar-refractivity contribution in [2.45, 2.75) is 12.6 Å². The molecule has 5 rings (SSSR count). The highest BCUT2D eigenvalue weighted by Gasteiger charge is 2.36. The molecule has 2 aliphatic rings. The first-order valence-electron chi connectivity index (χ1n) is 10.5. The fourth-order valence-electron chi connectivity index (χ4n) is 4.09. The van der Waals surface area contributed by atoms with Gasteiger partial charge >= 0.3 is 0 Å². The largest absolute Gasteiger partial charge is 0.476 e. The molecule has 0 unspecified atom stereocenters. The average Bonchev–Trinajstić information content (AvgIpc) is 2.85. The highest BCUT2D eigenvalue weighted by atomic mass is 16.5. The number of fused-ring (bicyclic) bond motifs is 2. The van der Waals surface area contributed by atoms with Crippen molar-refractivity contribution in [1.29, 1.82) is 0 Å². The first kappa shape index (κ1) is 20.2. The van der Waals surface area contributed by atoms with Crippen LogP contribution in [-0.4, -0.2) is 65.2 Å². The number of hydrogen-bond acceptors (Lipinski definition) is 6. The Morgan fingerprint density at radius 2 is 1.78 bits per heavy atom. The fourth-order valence-corrected chi connectivity index (χ4v) is 4.09. The molecule has 0 saturated carbocycles. The third kappa shape index (κ3) is 3.71. The number of amides is 2. The van der Waals surface area contributed by atoms with Crippen molar-refractivity contribution < 1.29 is 19.1 Å². The van der Waals surface area contributed by atoms with Crippen LogP contribution >= 0.6 is 0 Å². The zero-order chi connectivity index (χ0) is 22.1. The lowest BCUT2D eigenvalue weighted by atomic mass is 10.1. The Bertz CT molecular complexity index is 1230. The number of para-hydroxylation sites is 4. The molecule has 0 N–H and O–H groups in total. The molecule has 9 nitrogen and oxygen atoms in total. The third-order valence-corrected chi connectivity index (χ3v) is 5.72. The number of carbonyl (C=O) groups is 2. The second kappa shape index (κ2) is 8.43. The van der Waals surface area contributed by atoms with Crippen molar-refractivity contribution in [3.63, 3.8) is 0 Å². The van der Waals surface area contributed by atoms with Crippen LogP contribution in [0, 0.1) is 0 Å². The van der Waals surface area contributed by atoms with Gasteiger partial charge in [-0.3, -0.25) is 19.0 Å². The first-order chi connectivity index (χ1) is 15.6. The van der Waals surface area contributed by atoms with Gasteiger partial charge in [0.1, 0.15) is 12.3 Å². The number of anilines is 1. The smallest absolute Gasteiger partial charge is 0.269 e. The van der Waals surface area contributed by atoms with Crippen LogP contribution in [0.15, 0.2) is 59.5 Å². The molecule has 0 radical (unpaired) electrons. The molecule has 3 aromatic rings. The van der Waals surface area contributed by atoms with Gasteiger partial charge in [0.2, 0.25) is 5.91 Å². The molecule has 0 aliphatic carbocycles. The molecular weight excluding hydrogens is 412 g/mol. The molecule has 1 atom stereocenters. The summed E-state index contributed by atoms with van der Waals surface area (Å²) in [6.45, 7) is 1.85. The third-order valence-electron chi connectivity index (χ3n) is 5.72. The van der Waals surface area contributed by atoms with Gasteiger partial charge in [-0.1, -0.05) is 24.3 Å². The van der Waals surface area contributed by atoms with E-state index in [1.54, 1.807) is 47.4 Å². The highest BCUT2D eigenvalue weighted by molar-refractivity contribution is 5.97. The average molecular weight is 434 g/mol. The van der Waals surface area contributed by atoms with Crippen LogP contribution in [0.3, 0.4) is 0 Å². The summed E-state index contributed by atoms with van der Waals surface area (Å²) in [4.78, 5) is 46.4. The van der Waals surface area contributed by atoms with E-state index in [9.17, 15) is 14.4 Å². The van der Waals surface area contributed by atoms with E-state index in [0.29, 0.717) is 48.8 Å². The van der Waals surface area contributed by atoms with Gasteiger partial charge in [0, 0.05) is 13.1 Å². The van der Waals surface area contributed by atoms with Crippen LogP contribution in [0.25, 0.3) is 11.0 Å². The number of morpholine rings is 1. The van der Waals surface area contributed by atoms with E-state index in [1.165, 1.54) is 15.7 Å². The highest BCUT2D eigenvalue weighted by Crippen LogP contribution is 2.34. The molecule has 1 saturated heterocycles. The van der Waals surface area contributed by atoms with Crippen molar-refractivity contribution in [3.8, 4) is 5.75 Å². The van der Waals surface area contributed by atoms with Crippen LogP contribution in [0.1, 0.15) is 0 Å². The Labute approximate surface area is 183 Å². The van der Waals surface area contributed by atoms with E-state index in [0.717, 1.165) is 0 Å². The molecule has 9 heteroatoms. The molecule has 0 spiro atoms. The monoisotopic (exact) mass is 434 g/mol. The summed E-state index contributed by atoms with van der Waals surface area (Å²) in [7, 11) is 0. The minimum absolute atomic E-state index is 0.0732. The van der Waals surface area contributed by atoms with Crippen LogP contribution in [0.4, 0.5) is 5.69 Å². The zero-order valence-corrected chi connectivity index (χ0v) is 17.3. The molecule has 0 bridgehead atoms. The lowest BCUT2D eigenvalue weighted by Gasteiger charge is -2.37. The van der Waals surface area contributed by atoms with Crippen LogP contribution in [-0.2, 0) is 20.9 Å². The number of benzene rings is 2. The standard InChI is InChI=1S/C23H22N4O5/c28-21-13-24-16-5-1-2-6-17(16)27(21)15-22(29)26-14-20(23(30)25-9-11-31-12-10-25)32-19-8-4-3-7-18(19)26/h1-8,13,20H,9-12,14-15H2/t20-/m1/s1. The van der Waals surface area contributed by atoms with E-state index < -0.39 is 6.10 Å². The van der Waals surface area contributed by atoms with Crippen molar-refractivity contribution in [2.24, 2.45) is 0 Å². The Hall–Kier alpha value is -3.72. The Kier molecular flexibility index (Phi) is 5.32. The maximum absolute atomic E-state index is 13.4. The van der Waals surface area contributed by atoms with Gasteiger partial charge in [-0.25, -0.2) is 4.98 Å². The normalized spacial score (nSPS) is 18.2. The summed E-state index contributed by atoms with van der Waals surface area (Å²) in [6, 6.07) is 14.3. The van der Waals surface area contributed by atoms with Crippen molar-refractivity contribution in [1.82, 2.24) is 14.5 Å². The molecule has 1 aromatic heterocycles. The summed E-state index contributed by atoms with van der Waals surface area (Å²) in [5.41, 5.74) is 1.42. The molecule has 164 valence electrons. The number of rotatable bonds is 3. The molecule has 32 heavy (non-hydrogen) atoms. The second-order valence-corrected chi connectivity index (χ2v) is 7.69. The number of nitrogens with zero attached hydrogens (tertiary/aromatic N) is 4. The van der Waals surface area contributed by atoms with Gasteiger partial charge in [-0.2, -0.15) is 0 Å². The van der Waals surface area contributed by atoms with Crippen molar-refractivity contribution >= 4 is 28.5 Å². The second-order valence-electron chi connectivity index (χ2n) is 7.69. The predicted molar refractivity (Wildman–Crippen MR) is 117 cm³/mol. The maximum atomic E-state index is 13.4. The lowest BCUT2D eigenvalue weighted by molar-refractivity contribution is -0.142. The van der Waals surface area contributed by atoms with Gasteiger partial charge in [0.05, 0.1) is 42.7 Å². The van der Waals surface area contributed by atoms with Gasteiger partial charge in [-0.15, -0.1) is 0 Å². The quantitative estimate of drug-likeness (QED) is 0.612. The summed E-state index contributed by atoms with van der Waals surface area (Å²) >= 11 is 0. The van der Waals surface area contributed by atoms with E-state index in [2.05, 4.69) is 4.98 Å². The number of hydrogen-bond donors (Lipinski definition) is 0. The number of carbonyl (C=O) groups excluding carboxylic acids is 2. The molecular formula is C23H22N4O5. The fraction of sp³-hybridized carbons (Fsp3) is 0.304. The topological polar surface area (TPSA) is 94.0 Å². The van der Waals surface area contributed by atoms with Crippen molar-refractivity contribution in [3.05, 3.63) is 65.1 Å². The summed E-state index contributed by atoms with van der Waals surface area (Å²) in [5.74, 6) is -0.0169. The number of aromatic nitrogens is 2. The maximum Gasteiger partial charge on any atom is 0.269 e. The first-order valence-corrected chi connectivity index (χ1v) is 10.5. The molecule has 2 amide bonds. The molecule has 3 heterocycles. The predicted octanol–water partition coefficient (Wildman–Crippen LogP) is 1.05. The minimum Gasteiger partial charge on any atom is -0.476 e. The summed E-state index contributed by atoms with van der Waals surface area (Å²) in [6.07, 6.45) is 0.394. The van der Waals surface area contributed by atoms with Crippen molar-refractivity contribution in [2.75, 3.05) is 37.7 Å². The van der Waals surface area contributed by atoms with Gasteiger partial charge in [0.15, 0.2) is 6.10 Å². The molecule has 2 aliphatic heterocycles. The van der Waals surface area contributed by atoms with Gasteiger partial charge in [-0.05, 0) is 24.3 Å². The van der Waals surface area contributed by atoms with E-state index >= 15 is 0 Å².